The van der Waals surface area contributed by atoms with Crippen LogP contribution in [0.4, 0.5) is 4.39 Å². The zero-order chi connectivity index (χ0) is 14.4. The third-order valence-electron chi connectivity index (χ3n) is 2.81. The number of aryl methyl sites for hydroxylation is 1. The van der Waals surface area contributed by atoms with Gasteiger partial charge in [0.1, 0.15) is 5.82 Å². The molecule has 4 heteroatoms. The van der Waals surface area contributed by atoms with Crippen LogP contribution in [0.5, 0.6) is 0 Å². The second kappa shape index (κ2) is 6.96. The lowest BCUT2D eigenvalue weighted by molar-refractivity contribution is 0.624. The van der Waals surface area contributed by atoms with Crippen molar-refractivity contribution in [2.75, 3.05) is 0 Å². The first kappa shape index (κ1) is 14.4. The molecule has 0 aromatic heterocycles. The van der Waals surface area contributed by atoms with Gasteiger partial charge in [0.15, 0.2) is 0 Å². The van der Waals surface area contributed by atoms with Crippen molar-refractivity contribution in [3.8, 4) is 0 Å². The summed E-state index contributed by atoms with van der Waals surface area (Å²) in [4.78, 5) is 0. The van der Waals surface area contributed by atoms with E-state index in [4.69, 9.17) is 11.6 Å². The molecule has 102 valence electrons. The molecule has 2 aromatic rings. The van der Waals surface area contributed by atoms with Crippen molar-refractivity contribution in [2.24, 2.45) is 10.2 Å². The van der Waals surface area contributed by atoms with Gasteiger partial charge >= 0.3 is 0 Å². The highest BCUT2D eigenvalue weighted by atomic mass is 35.5. The monoisotopic (exact) mass is 288 g/mol. The predicted molar refractivity (Wildman–Crippen MR) is 82.4 cm³/mol. The Balaban J connectivity index is 2.04. The van der Waals surface area contributed by atoms with Crippen molar-refractivity contribution in [1.82, 2.24) is 0 Å². The highest BCUT2D eigenvalue weighted by molar-refractivity contribution is 6.30. The molecule has 0 aliphatic rings. The molecule has 0 heterocycles. The topological polar surface area (TPSA) is 24.7 Å². The smallest absolute Gasteiger partial charge is 0.132 e. The fourth-order valence-corrected chi connectivity index (χ4v) is 1.77. The average Bonchev–Trinajstić information content (AvgIpc) is 2.46. The summed E-state index contributed by atoms with van der Waals surface area (Å²) in [5, 5.41) is 8.40. The molecule has 0 saturated heterocycles. The second-order valence-corrected chi connectivity index (χ2v) is 4.69. The van der Waals surface area contributed by atoms with Gasteiger partial charge in [0.2, 0.25) is 0 Å². The molecule has 0 amide bonds. The van der Waals surface area contributed by atoms with Crippen molar-refractivity contribution in [2.45, 2.75) is 13.3 Å². The van der Waals surface area contributed by atoms with Gasteiger partial charge in [-0.25, -0.2) is 4.39 Å². The van der Waals surface area contributed by atoms with E-state index in [2.05, 4.69) is 10.2 Å². The van der Waals surface area contributed by atoms with Gasteiger partial charge in [0.25, 0.3) is 0 Å². The fourth-order valence-electron chi connectivity index (χ4n) is 1.64. The molecule has 0 radical (unpaired) electrons. The van der Waals surface area contributed by atoms with Crippen LogP contribution in [0.2, 0.25) is 5.02 Å². The van der Waals surface area contributed by atoms with Crippen LogP contribution in [0.25, 0.3) is 0 Å². The second-order valence-electron chi connectivity index (χ2n) is 4.25. The molecule has 0 atom stereocenters. The Morgan fingerprint density at radius 3 is 2.40 bits per heavy atom. The molecule has 0 spiro atoms. The highest BCUT2D eigenvalue weighted by Crippen LogP contribution is 2.10. The van der Waals surface area contributed by atoms with Crippen LogP contribution in [-0.2, 0) is 6.42 Å². The summed E-state index contributed by atoms with van der Waals surface area (Å²) in [6, 6.07) is 12.3. The van der Waals surface area contributed by atoms with Crippen LogP contribution in [0.1, 0.15) is 23.6 Å². The van der Waals surface area contributed by atoms with E-state index in [1.165, 1.54) is 12.3 Å². The van der Waals surface area contributed by atoms with Crippen LogP contribution in [0.15, 0.2) is 52.7 Å². The molecule has 0 unspecified atom stereocenters. The van der Waals surface area contributed by atoms with E-state index in [1.807, 2.05) is 25.1 Å². The molecule has 0 aliphatic carbocycles. The highest BCUT2D eigenvalue weighted by Gasteiger charge is 1.99. The van der Waals surface area contributed by atoms with Crippen molar-refractivity contribution in [1.29, 1.82) is 0 Å². The standard InChI is InChI=1S/C16H14ClFN2/c1-2-12-3-6-14(16(18)9-12)11-20-19-10-13-4-7-15(17)8-5-13/h3-11H,2H2,1H3. The van der Waals surface area contributed by atoms with E-state index in [9.17, 15) is 4.39 Å². The number of rotatable bonds is 4. The Hall–Kier alpha value is -2.00. The summed E-state index contributed by atoms with van der Waals surface area (Å²) >= 11 is 5.78. The molecule has 0 aliphatic heterocycles. The Bertz CT molecular complexity index is 633. The predicted octanol–water partition coefficient (Wildman–Crippen LogP) is 4.49. The summed E-state index contributed by atoms with van der Waals surface area (Å²) < 4.78 is 13.7. The van der Waals surface area contributed by atoms with Crippen molar-refractivity contribution >= 4 is 24.0 Å². The van der Waals surface area contributed by atoms with Crippen LogP contribution >= 0.6 is 11.6 Å². The van der Waals surface area contributed by atoms with Gasteiger partial charge in [0, 0.05) is 10.6 Å². The van der Waals surface area contributed by atoms with E-state index >= 15 is 0 Å². The number of benzene rings is 2. The fraction of sp³-hybridized carbons (Fsp3) is 0.125. The minimum Gasteiger partial charge on any atom is -0.206 e. The van der Waals surface area contributed by atoms with Gasteiger partial charge in [-0.15, -0.1) is 0 Å². The lowest BCUT2D eigenvalue weighted by atomic mass is 10.1. The Morgan fingerprint density at radius 1 is 1.05 bits per heavy atom. The van der Waals surface area contributed by atoms with Gasteiger partial charge in [-0.1, -0.05) is 42.8 Å². The maximum absolute atomic E-state index is 13.7. The lowest BCUT2D eigenvalue weighted by Crippen LogP contribution is -1.90. The molecule has 2 rings (SSSR count). The number of nitrogens with zero attached hydrogens (tertiary/aromatic N) is 2. The van der Waals surface area contributed by atoms with E-state index in [1.54, 1.807) is 24.4 Å². The summed E-state index contributed by atoms with van der Waals surface area (Å²) in [6.45, 7) is 1.99. The lowest BCUT2D eigenvalue weighted by Gasteiger charge is -1.99. The third kappa shape index (κ3) is 4.00. The Labute approximate surface area is 122 Å². The van der Waals surface area contributed by atoms with Gasteiger partial charge in [-0.2, -0.15) is 10.2 Å². The summed E-state index contributed by atoms with van der Waals surface area (Å²) in [7, 11) is 0. The number of hydrogen-bond donors (Lipinski definition) is 0. The van der Waals surface area contributed by atoms with Gasteiger partial charge in [-0.05, 0) is 35.7 Å². The zero-order valence-corrected chi connectivity index (χ0v) is 11.8. The minimum absolute atomic E-state index is 0.283. The number of halogens is 2. The molecular weight excluding hydrogens is 275 g/mol. The van der Waals surface area contributed by atoms with Crippen LogP contribution in [0.3, 0.4) is 0 Å². The average molecular weight is 289 g/mol. The summed E-state index contributed by atoms with van der Waals surface area (Å²) in [5.74, 6) is -0.283. The van der Waals surface area contributed by atoms with E-state index in [0.717, 1.165) is 17.5 Å². The maximum atomic E-state index is 13.7. The molecule has 20 heavy (non-hydrogen) atoms. The molecule has 0 saturated carbocycles. The first-order valence-electron chi connectivity index (χ1n) is 6.29. The Kier molecular flexibility index (Phi) is 5.02. The van der Waals surface area contributed by atoms with E-state index < -0.39 is 0 Å². The summed E-state index contributed by atoms with van der Waals surface area (Å²) in [5.41, 5.74) is 2.27. The van der Waals surface area contributed by atoms with E-state index in [0.29, 0.717) is 10.6 Å². The quantitative estimate of drug-likeness (QED) is 0.585. The molecule has 0 bridgehead atoms. The Morgan fingerprint density at radius 2 is 1.75 bits per heavy atom. The molecule has 0 N–H and O–H groups in total. The van der Waals surface area contributed by atoms with Crippen molar-refractivity contribution < 1.29 is 4.39 Å². The summed E-state index contributed by atoms with van der Waals surface area (Å²) in [6.07, 6.45) is 3.80. The SMILES string of the molecule is CCc1ccc(C=NN=Cc2ccc(Cl)cc2)c(F)c1. The van der Waals surface area contributed by atoms with Gasteiger partial charge in [0.05, 0.1) is 12.4 Å². The largest absolute Gasteiger partial charge is 0.206 e. The zero-order valence-electron chi connectivity index (χ0n) is 11.1. The first-order chi connectivity index (χ1) is 9.69. The molecular formula is C16H14ClFN2. The van der Waals surface area contributed by atoms with Crippen LogP contribution < -0.4 is 0 Å². The maximum Gasteiger partial charge on any atom is 0.132 e. The molecule has 0 fully saturated rings. The van der Waals surface area contributed by atoms with Crippen molar-refractivity contribution in [3.05, 3.63) is 70.0 Å². The molecule has 2 aromatic carbocycles. The normalized spacial score (nSPS) is 11.6. The van der Waals surface area contributed by atoms with Gasteiger partial charge in [-0.3, -0.25) is 0 Å². The van der Waals surface area contributed by atoms with Crippen LogP contribution in [0, 0.1) is 5.82 Å². The minimum atomic E-state index is -0.283. The van der Waals surface area contributed by atoms with Gasteiger partial charge < -0.3 is 0 Å². The van der Waals surface area contributed by atoms with Crippen molar-refractivity contribution in [3.63, 3.8) is 0 Å². The molecule has 2 nitrogen and oxygen atoms in total. The van der Waals surface area contributed by atoms with E-state index in [-0.39, 0.29) is 5.82 Å². The first-order valence-corrected chi connectivity index (χ1v) is 6.67. The number of hydrogen-bond acceptors (Lipinski definition) is 2. The third-order valence-corrected chi connectivity index (χ3v) is 3.07. The van der Waals surface area contributed by atoms with Crippen LogP contribution in [-0.4, -0.2) is 12.4 Å².